The van der Waals surface area contributed by atoms with Crippen molar-refractivity contribution in [2.75, 3.05) is 7.05 Å². The molecule has 0 aliphatic rings. The van der Waals surface area contributed by atoms with E-state index >= 15 is 0 Å². The van der Waals surface area contributed by atoms with Crippen molar-refractivity contribution in [2.24, 2.45) is 12.0 Å². The summed E-state index contributed by atoms with van der Waals surface area (Å²) in [7, 11) is 3.81. The van der Waals surface area contributed by atoms with E-state index in [1.807, 2.05) is 11.7 Å². The zero-order valence-corrected chi connectivity index (χ0v) is 16.7. The predicted octanol–water partition coefficient (Wildman–Crippen LogP) is 2.63. The van der Waals surface area contributed by atoms with Gasteiger partial charge in [-0.15, -0.1) is 24.0 Å². The third-order valence-electron chi connectivity index (χ3n) is 3.18. The number of nitrogens with one attached hydrogen (secondary N) is 2. The van der Waals surface area contributed by atoms with Crippen molar-refractivity contribution in [2.45, 2.75) is 59.5 Å². The van der Waals surface area contributed by atoms with Gasteiger partial charge in [0.05, 0.1) is 5.69 Å². The highest BCUT2D eigenvalue weighted by Gasteiger charge is 2.15. The third-order valence-corrected chi connectivity index (χ3v) is 3.18. The molecule has 1 heterocycles. The van der Waals surface area contributed by atoms with E-state index in [2.05, 4.69) is 55.3 Å². The average Bonchev–Trinajstić information content (AvgIpc) is 2.68. The van der Waals surface area contributed by atoms with E-state index in [0.29, 0.717) is 0 Å². The molecule has 1 rings (SSSR count). The second-order valence-corrected chi connectivity index (χ2v) is 6.00. The van der Waals surface area contributed by atoms with Crippen molar-refractivity contribution in [3.63, 3.8) is 0 Å². The van der Waals surface area contributed by atoms with Gasteiger partial charge in [-0.25, -0.2) is 0 Å². The van der Waals surface area contributed by atoms with Gasteiger partial charge in [0.25, 0.3) is 0 Å². The van der Waals surface area contributed by atoms with Crippen LogP contribution in [0.25, 0.3) is 0 Å². The Morgan fingerprint density at radius 2 is 1.86 bits per heavy atom. The van der Waals surface area contributed by atoms with E-state index in [9.17, 15) is 0 Å². The Kier molecular flexibility index (Phi) is 8.28. The molecule has 0 spiro atoms. The molecule has 0 aliphatic carbocycles. The van der Waals surface area contributed by atoms with Crippen LogP contribution in [0.5, 0.6) is 0 Å². The van der Waals surface area contributed by atoms with Gasteiger partial charge >= 0.3 is 0 Å². The van der Waals surface area contributed by atoms with Crippen LogP contribution in [-0.4, -0.2) is 28.3 Å². The van der Waals surface area contributed by atoms with Crippen LogP contribution in [0, 0.1) is 0 Å². The Morgan fingerprint density at radius 3 is 2.29 bits per heavy atom. The summed E-state index contributed by atoms with van der Waals surface area (Å²) in [5.41, 5.74) is 3.76. The number of aromatic nitrogens is 2. The molecule has 21 heavy (non-hydrogen) atoms. The van der Waals surface area contributed by atoms with Gasteiger partial charge in [0.1, 0.15) is 0 Å². The van der Waals surface area contributed by atoms with E-state index in [0.717, 1.165) is 25.3 Å². The SMILES string of the molecule is CCc1nn(C)c(CC)c1CNC(=NC)NC(C)(C)C.I. The molecule has 0 atom stereocenters. The zero-order valence-electron chi connectivity index (χ0n) is 14.4. The fraction of sp³-hybridized carbons (Fsp3) is 0.733. The molecule has 2 N–H and O–H groups in total. The van der Waals surface area contributed by atoms with Crippen LogP contribution < -0.4 is 10.6 Å². The lowest BCUT2D eigenvalue weighted by atomic mass is 10.1. The minimum absolute atomic E-state index is 0. The first-order chi connectivity index (χ1) is 9.32. The van der Waals surface area contributed by atoms with Crippen molar-refractivity contribution in [1.82, 2.24) is 20.4 Å². The summed E-state index contributed by atoms with van der Waals surface area (Å²) >= 11 is 0. The molecule has 0 aliphatic heterocycles. The summed E-state index contributed by atoms with van der Waals surface area (Å²) in [6.07, 6.45) is 1.95. The van der Waals surface area contributed by atoms with Gasteiger partial charge in [-0.3, -0.25) is 9.67 Å². The van der Waals surface area contributed by atoms with Crippen molar-refractivity contribution in [3.05, 3.63) is 17.0 Å². The van der Waals surface area contributed by atoms with Gasteiger partial charge in [-0.1, -0.05) is 13.8 Å². The standard InChI is InChI=1S/C15H29N5.HI/c1-8-12-11(13(9-2)20(7)19-12)10-17-14(16-6)18-15(3,4)5;/h8-10H2,1-7H3,(H2,16,17,18);1H. The molecule has 0 unspecified atom stereocenters. The molecule has 0 saturated heterocycles. The first-order valence-corrected chi connectivity index (χ1v) is 7.34. The Balaban J connectivity index is 0.00000400. The summed E-state index contributed by atoms with van der Waals surface area (Å²) < 4.78 is 2.00. The molecule has 0 radical (unpaired) electrons. The van der Waals surface area contributed by atoms with Crippen LogP contribution in [-0.2, 0) is 26.4 Å². The van der Waals surface area contributed by atoms with Crippen LogP contribution in [0.4, 0.5) is 0 Å². The third kappa shape index (κ3) is 5.84. The van der Waals surface area contributed by atoms with Crippen LogP contribution in [0.15, 0.2) is 4.99 Å². The number of rotatable bonds is 4. The number of aryl methyl sites for hydroxylation is 2. The van der Waals surface area contributed by atoms with Gasteiger partial charge in [-0.05, 0) is 33.6 Å². The summed E-state index contributed by atoms with van der Waals surface area (Å²) in [5.74, 6) is 0.824. The van der Waals surface area contributed by atoms with Crippen LogP contribution in [0.3, 0.4) is 0 Å². The highest BCUT2D eigenvalue weighted by molar-refractivity contribution is 14.0. The maximum atomic E-state index is 4.59. The molecule has 0 fully saturated rings. The Bertz CT molecular complexity index is 471. The van der Waals surface area contributed by atoms with Gasteiger partial charge in [0, 0.05) is 37.4 Å². The topological polar surface area (TPSA) is 54.2 Å². The number of halogens is 1. The Hall–Kier alpha value is -0.790. The van der Waals surface area contributed by atoms with E-state index in [-0.39, 0.29) is 29.5 Å². The number of nitrogens with zero attached hydrogens (tertiary/aromatic N) is 3. The molecule has 6 heteroatoms. The summed E-state index contributed by atoms with van der Waals surface area (Å²) in [5, 5.41) is 11.4. The summed E-state index contributed by atoms with van der Waals surface area (Å²) in [6, 6.07) is 0. The van der Waals surface area contributed by atoms with Crippen LogP contribution in [0.1, 0.15) is 51.6 Å². The maximum absolute atomic E-state index is 4.59. The van der Waals surface area contributed by atoms with E-state index in [1.54, 1.807) is 7.05 Å². The summed E-state index contributed by atoms with van der Waals surface area (Å²) in [6.45, 7) is 11.4. The first-order valence-electron chi connectivity index (χ1n) is 7.34. The second-order valence-electron chi connectivity index (χ2n) is 6.00. The fourth-order valence-electron chi connectivity index (χ4n) is 2.30. The number of hydrogen-bond acceptors (Lipinski definition) is 2. The highest BCUT2D eigenvalue weighted by Crippen LogP contribution is 2.15. The molecule has 1 aromatic rings. The summed E-state index contributed by atoms with van der Waals surface area (Å²) in [4.78, 5) is 4.27. The molecule has 122 valence electrons. The number of hydrogen-bond donors (Lipinski definition) is 2. The van der Waals surface area contributed by atoms with E-state index in [4.69, 9.17) is 0 Å². The lowest BCUT2D eigenvalue weighted by Gasteiger charge is -2.23. The molecule has 0 amide bonds. The largest absolute Gasteiger partial charge is 0.352 e. The molecule has 0 saturated carbocycles. The zero-order chi connectivity index (χ0) is 15.3. The quantitative estimate of drug-likeness (QED) is 0.459. The van der Waals surface area contributed by atoms with Crippen molar-refractivity contribution in [1.29, 1.82) is 0 Å². The minimum atomic E-state index is -0.00203. The lowest BCUT2D eigenvalue weighted by molar-refractivity contribution is 0.501. The first kappa shape index (κ1) is 20.2. The van der Waals surface area contributed by atoms with Gasteiger partial charge in [-0.2, -0.15) is 5.10 Å². The van der Waals surface area contributed by atoms with E-state index in [1.165, 1.54) is 17.0 Å². The monoisotopic (exact) mass is 407 g/mol. The fourth-order valence-corrected chi connectivity index (χ4v) is 2.30. The van der Waals surface area contributed by atoms with Crippen LogP contribution in [0.2, 0.25) is 0 Å². The molecule has 0 aromatic carbocycles. The number of guanidine groups is 1. The molecular weight excluding hydrogens is 377 g/mol. The van der Waals surface area contributed by atoms with Gasteiger partial charge in [0.15, 0.2) is 5.96 Å². The predicted molar refractivity (Wildman–Crippen MR) is 100 cm³/mol. The second kappa shape index (κ2) is 8.60. The van der Waals surface area contributed by atoms with Gasteiger partial charge < -0.3 is 10.6 Å². The normalized spacial score (nSPS) is 12.0. The molecule has 5 nitrogen and oxygen atoms in total. The maximum Gasteiger partial charge on any atom is 0.191 e. The van der Waals surface area contributed by atoms with Crippen molar-refractivity contribution in [3.8, 4) is 0 Å². The van der Waals surface area contributed by atoms with Crippen molar-refractivity contribution >= 4 is 29.9 Å². The van der Waals surface area contributed by atoms with Crippen LogP contribution >= 0.6 is 24.0 Å². The Labute approximate surface area is 146 Å². The van der Waals surface area contributed by atoms with Crippen molar-refractivity contribution < 1.29 is 0 Å². The van der Waals surface area contributed by atoms with E-state index < -0.39 is 0 Å². The minimum Gasteiger partial charge on any atom is -0.352 e. The molecule has 0 bridgehead atoms. The highest BCUT2D eigenvalue weighted by atomic mass is 127. The smallest absolute Gasteiger partial charge is 0.191 e. The molecule has 1 aromatic heterocycles. The number of aliphatic imine (C=N–C) groups is 1. The Morgan fingerprint density at radius 1 is 1.24 bits per heavy atom. The van der Waals surface area contributed by atoms with Gasteiger partial charge in [0.2, 0.25) is 0 Å². The molecular formula is C15H30IN5. The lowest BCUT2D eigenvalue weighted by Crippen LogP contribution is -2.47. The average molecular weight is 407 g/mol.